The maximum absolute atomic E-state index is 9.08. The Kier molecular flexibility index (Phi) is 4.84. The van der Waals surface area contributed by atoms with Crippen LogP contribution in [0.5, 0.6) is 0 Å². The minimum Gasteiger partial charge on any atom is -0.309 e. The van der Waals surface area contributed by atoms with Crippen LogP contribution >= 0.6 is 11.3 Å². The van der Waals surface area contributed by atoms with Gasteiger partial charge in [0.15, 0.2) is 17.5 Å². The van der Waals surface area contributed by atoms with Crippen molar-refractivity contribution in [3.63, 3.8) is 0 Å². The molecule has 0 saturated carbocycles. The molecule has 0 aliphatic carbocycles. The van der Waals surface area contributed by atoms with Crippen LogP contribution in [0.25, 0.3) is 93.0 Å². The Labute approximate surface area is 305 Å². The summed E-state index contributed by atoms with van der Waals surface area (Å²) in [5, 5.41) is 2.79. The molecule has 7 aromatic carbocycles. The van der Waals surface area contributed by atoms with Gasteiger partial charge in [-0.3, -0.25) is 0 Å². The van der Waals surface area contributed by atoms with Gasteiger partial charge < -0.3 is 4.57 Å². The molecule has 0 N–H and O–H groups in total. The van der Waals surface area contributed by atoms with Gasteiger partial charge in [0.25, 0.3) is 0 Å². The number of hydrogen-bond acceptors (Lipinski definition) is 4. The fourth-order valence-electron chi connectivity index (χ4n) is 6.60. The molecule has 4 nitrogen and oxygen atoms in total. The number of thiophene rings is 1. The monoisotopic (exact) mass is 665 g/mol. The number of aromatic nitrogens is 4. The van der Waals surface area contributed by atoms with Gasteiger partial charge in [0, 0.05) is 53.3 Å². The quantitative estimate of drug-likeness (QED) is 0.184. The Hall–Kier alpha value is -6.43. The highest BCUT2D eigenvalue weighted by Gasteiger charge is 2.17. The molecule has 0 fully saturated rings. The Morgan fingerprint density at radius 3 is 1.94 bits per heavy atom. The summed E-state index contributed by atoms with van der Waals surface area (Å²) in [6.45, 7) is 0. The van der Waals surface area contributed by atoms with E-state index in [1.54, 1.807) is 34.1 Å². The molecular formula is C45H28N4S. The average Bonchev–Trinajstić information content (AvgIpc) is 3.83. The van der Waals surface area contributed by atoms with Gasteiger partial charge >= 0.3 is 0 Å². The molecule has 10 rings (SSSR count). The van der Waals surface area contributed by atoms with E-state index in [2.05, 4.69) is 24.3 Å². The normalized spacial score (nSPS) is 14.1. The first-order valence-electron chi connectivity index (χ1n) is 20.5. The van der Waals surface area contributed by atoms with Crippen LogP contribution in [0.3, 0.4) is 0 Å². The first kappa shape index (κ1) is 20.8. The fraction of sp³-hybridized carbons (Fsp3) is 0. The van der Waals surface area contributed by atoms with E-state index < -0.39 is 42.3 Å². The van der Waals surface area contributed by atoms with E-state index in [1.165, 1.54) is 9.40 Å². The predicted molar refractivity (Wildman–Crippen MR) is 209 cm³/mol. The summed E-state index contributed by atoms with van der Waals surface area (Å²) in [5.41, 5.74) is 3.75. The lowest BCUT2D eigenvalue weighted by Gasteiger charge is -2.11. The van der Waals surface area contributed by atoms with Gasteiger partial charge in [-0.2, -0.15) is 0 Å². The van der Waals surface area contributed by atoms with Gasteiger partial charge in [0.2, 0.25) is 0 Å². The summed E-state index contributed by atoms with van der Waals surface area (Å²) in [6, 6.07) is 32.8. The predicted octanol–water partition coefficient (Wildman–Crippen LogP) is 12.0. The zero-order valence-corrected chi connectivity index (χ0v) is 27.0. The first-order valence-corrected chi connectivity index (χ1v) is 16.8. The van der Waals surface area contributed by atoms with Gasteiger partial charge in [-0.05, 0) is 71.8 Å². The Bertz CT molecular complexity index is 3350. The van der Waals surface area contributed by atoms with Crippen LogP contribution in [0.15, 0.2) is 170 Å². The molecule has 0 aliphatic heterocycles. The van der Waals surface area contributed by atoms with Crippen molar-refractivity contribution >= 4 is 53.3 Å². The lowest BCUT2D eigenvalue weighted by molar-refractivity contribution is 1.07. The third-order valence-corrected chi connectivity index (χ3v) is 10.0. The van der Waals surface area contributed by atoms with Crippen molar-refractivity contribution < 1.29 is 12.3 Å². The minimum absolute atomic E-state index is 0.0606. The van der Waals surface area contributed by atoms with E-state index in [1.807, 2.05) is 72.8 Å². The summed E-state index contributed by atoms with van der Waals surface area (Å²) in [5.74, 6) is 1.44. The number of hydrogen-bond donors (Lipinski definition) is 0. The molecule has 50 heavy (non-hydrogen) atoms. The summed E-state index contributed by atoms with van der Waals surface area (Å²) in [4.78, 5) is 14.8. The third kappa shape index (κ3) is 4.71. The SMILES string of the molecule is [2H]c1c([2H])c([2H])c(-c2cccc3c2c2c([2H])c([2H])c([2H])c([2H])c2n3-c2ccc(-c3nc(-c4ccccc4)nc(-c4ccc5sc6ccccc6c5c4)n3)cc2)c([2H])c1[2H]. The molecule has 0 unspecified atom stereocenters. The zero-order valence-electron chi connectivity index (χ0n) is 35.2. The molecule has 3 heterocycles. The minimum atomic E-state index is -0.529. The molecule has 234 valence electrons. The molecule has 0 saturated heterocycles. The highest BCUT2D eigenvalue weighted by Crippen LogP contribution is 2.39. The Morgan fingerprint density at radius 2 is 1.12 bits per heavy atom. The highest BCUT2D eigenvalue weighted by atomic mass is 32.1. The largest absolute Gasteiger partial charge is 0.309 e. The number of nitrogens with zero attached hydrogens (tertiary/aromatic N) is 4. The molecule has 0 atom stereocenters. The van der Waals surface area contributed by atoms with Crippen LogP contribution in [0.2, 0.25) is 0 Å². The van der Waals surface area contributed by atoms with E-state index in [9.17, 15) is 0 Å². The summed E-state index contributed by atoms with van der Waals surface area (Å²) in [6.07, 6.45) is 0. The fourth-order valence-corrected chi connectivity index (χ4v) is 7.69. The topological polar surface area (TPSA) is 43.6 Å². The van der Waals surface area contributed by atoms with E-state index in [0.29, 0.717) is 39.6 Å². The lowest BCUT2D eigenvalue weighted by atomic mass is 9.99. The summed E-state index contributed by atoms with van der Waals surface area (Å²) in [7, 11) is 0. The number of benzene rings is 7. The van der Waals surface area contributed by atoms with Crippen molar-refractivity contribution in [1.29, 1.82) is 0 Å². The second kappa shape index (κ2) is 11.6. The molecule has 0 spiro atoms. The zero-order chi connectivity index (χ0) is 40.9. The van der Waals surface area contributed by atoms with E-state index in [4.69, 9.17) is 27.3 Å². The van der Waals surface area contributed by atoms with Gasteiger partial charge in [-0.25, -0.2) is 15.0 Å². The van der Waals surface area contributed by atoms with Crippen molar-refractivity contribution in [2.75, 3.05) is 0 Å². The lowest BCUT2D eigenvalue weighted by Crippen LogP contribution is -2.00. The van der Waals surface area contributed by atoms with Gasteiger partial charge in [0.05, 0.1) is 23.4 Å². The first-order chi connectivity index (χ1) is 28.5. The average molecular weight is 666 g/mol. The number of rotatable bonds is 5. The maximum Gasteiger partial charge on any atom is 0.164 e. The van der Waals surface area contributed by atoms with Crippen LogP contribution in [0.1, 0.15) is 12.3 Å². The molecule has 3 aromatic heterocycles. The van der Waals surface area contributed by atoms with Crippen molar-refractivity contribution in [3.8, 4) is 51.0 Å². The van der Waals surface area contributed by atoms with Crippen LogP contribution in [-0.2, 0) is 0 Å². The standard InChI is InChI=1S/C45H28N4S/c1-3-12-29(13-4-1)34-18-11-20-39-42(34)36-17-7-9-19-38(36)49(39)33-25-22-31(23-26-33)44-46-43(30-14-5-2-6-15-30)47-45(48-44)32-24-27-41-37(28-32)35-16-8-10-21-40(35)50-41/h1-28H/i1D,3D,4D,7D,9D,12D,13D,17D,19D. The van der Waals surface area contributed by atoms with Gasteiger partial charge in [0.1, 0.15) is 0 Å². The van der Waals surface area contributed by atoms with Crippen LogP contribution < -0.4 is 0 Å². The molecule has 10 aromatic rings. The van der Waals surface area contributed by atoms with Gasteiger partial charge in [-0.15, -0.1) is 11.3 Å². The van der Waals surface area contributed by atoms with E-state index >= 15 is 0 Å². The van der Waals surface area contributed by atoms with Crippen LogP contribution in [-0.4, -0.2) is 19.5 Å². The molecule has 5 heteroatoms. The maximum atomic E-state index is 9.08. The van der Waals surface area contributed by atoms with Gasteiger partial charge in [-0.1, -0.05) is 109 Å². The highest BCUT2D eigenvalue weighted by molar-refractivity contribution is 7.25. The smallest absolute Gasteiger partial charge is 0.164 e. The van der Waals surface area contributed by atoms with Crippen LogP contribution in [0.4, 0.5) is 0 Å². The molecule has 0 amide bonds. The second-order valence-electron chi connectivity index (χ2n) is 11.8. The Morgan fingerprint density at radius 1 is 0.460 bits per heavy atom. The second-order valence-corrected chi connectivity index (χ2v) is 12.9. The molecular weight excluding hydrogens is 629 g/mol. The molecule has 0 aliphatic rings. The van der Waals surface area contributed by atoms with Crippen molar-refractivity contribution in [1.82, 2.24) is 19.5 Å². The van der Waals surface area contributed by atoms with E-state index in [-0.39, 0.29) is 34.1 Å². The van der Waals surface area contributed by atoms with Crippen molar-refractivity contribution in [3.05, 3.63) is 170 Å². The van der Waals surface area contributed by atoms with Crippen molar-refractivity contribution in [2.45, 2.75) is 0 Å². The molecule has 0 bridgehead atoms. The summed E-state index contributed by atoms with van der Waals surface area (Å²) >= 11 is 1.74. The molecule has 0 radical (unpaired) electrons. The summed E-state index contributed by atoms with van der Waals surface area (Å²) < 4.78 is 81.8. The number of para-hydroxylation sites is 1. The van der Waals surface area contributed by atoms with Crippen molar-refractivity contribution in [2.24, 2.45) is 0 Å². The number of fused-ring (bicyclic) bond motifs is 6. The Balaban J connectivity index is 1.17. The van der Waals surface area contributed by atoms with Crippen LogP contribution in [0, 0.1) is 0 Å². The van der Waals surface area contributed by atoms with E-state index in [0.717, 1.165) is 21.9 Å². The third-order valence-electron chi connectivity index (χ3n) is 8.88.